The molecular weight excluding hydrogens is 504 g/mol. The maximum Gasteiger partial charge on any atom is 0.224 e. The first-order chi connectivity index (χ1) is 17.8. The summed E-state index contributed by atoms with van der Waals surface area (Å²) in [5.41, 5.74) is 6.43. The lowest BCUT2D eigenvalue weighted by Gasteiger charge is -2.29. The summed E-state index contributed by atoms with van der Waals surface area (Å²) in [6.45, 7) is 0. The topological polar surface area (TPSA) is 131 Å². The van der Waals surface area contributed by atoms with Crippen molar-refractivity contribution in [3.63, 3.8) is 0 Å². The van der Waals surface area contributed by atoms with E-state index in [9.17, 15) is 18.7 Å². The number of imidazole rings is 1. The van der Waals surface area contributed by atoms with Crippen LogP contribution in [0.25, 0.3) is 11.2 Å². The normalized spacial score (nSPS) is 24.5. The minimum Gasteiger partial charge on any atom is -0.393 e. The number of carbonyl (C=O) groups is 1. The van der Waals surface area contributed by atoms with Crippen molar-refractivity contribution in [2.45, 2.75) is 76.0 Å². The van der Waals surface area contributed by atoms with E-state index in [-0.39, 0.29) is 46.7 Å². The summed E-state index contributed by atoms with van der Waals surface area (Å²) in [4.78, 5) is 25.5. The Balaban J connectivity index is 1.50. The van der Waals surface area contributed by atoms with Crippen LogP contribution < -0.4 is 16.4 Å². The molecule has 0 unspecified atom stereocenters. The lowest BCUT2D eigenvalue weighted by molar-refractivity contribution is -0.122. The van der Waals surface area contributed by atoms with Crippen molar-refractivity contribution >= 4 is 46.3 Å². The molecule has 5 N–H and O–H groups in total. The van der Waals surface area contributed by atoms with Crippen LogP contribution in [0.2, 0.25) is 5.02 Å². The van der Waals surface area contributed by atoms with Crippen LogP contribution in [-0.2, 0) is 4.79 Å². The molecule has 5 rings (SSSR count). The minimum atomic E-state index is -1.15. The fourth-order valence-corrected chi connectivity index (χ4v) is 5.55. The molecule has 37 heavy (non-hydrogen) atoms. The Bertz CT molecular complexity index is 1300. The highest BCUT2D eigenvalue weighted by molar-refractivity contribution is 6.30. The van der Waals surface area contributed by atoms with E-state index in [4.69, 9.17) is 22.3 Å². The van der Waals surface area contributed by atoms with E-state index in [0.29, 0.717) is 49.2 Å². The largest absolute Gasteiger partial charge is 0.393 e. The van der Waals surface area contributed by atoms with Gasteiger partial charge in [0, 0.05) is 18.0 Å². The van der Waals surface area contributed by atoms with Gasteiger partial charge in [-0.05, 0) is 57.1 Å². The third-order valence-corrected chi connectivity index (χ3v) is 7.70. The Morgan fingerprint density at radius 1 is 1.08 bits per heavy atom. The number of amides is 1. The van der Waals surface area contributed by atoms with Gasteiger partial charge in [0.15, 0.2) is 17.3 Å². The number of aliphatic hydroxyl groups is 1. The summed E-state index contributed by atoms with van der Waals surface area (Å²) < 4.78 is 30.6. The molecule has 2 fully saturated rings. The molecule has 1 amide bonds. The van der Waals surface area contributed by atoms with Crippen molar-refractivity contribution in [2.75, 3.05) is 10.6 Å². The second-order valence-corrected chi connectivity index (χ2v) is 10.4. The molecule has 2 aliphatic carbocycles. The summed E-state index contributed by atoms with van der Waals surface area (Å²) >= 11 is 5.72. The highest BCUT2D eigenvalue weighted by Gasteiger charge is 2.30. The Morgan fingerprint density at radius 2 is 1.84 bits per heavy atom. The van der Waals surface area contributed by atoms with Crippen LogP contribution in [0.3, 0.4) is 0 Å². The predicted octanol–water partition coefficient (Wildman–Crippen LogP) is 4.82. The number of hydrogen-bond donors (Lipinski definition) is 4. The van der Waals surface area contributed by atoms with Crippen LogP contribution in [0.4, 0.5) is 26.4 Å². The third-order valence-electron chi connectivity index (χ3n) is 7.41. The number of nitrogens with zero attached hydrogens (tertiary/aromatic N) is 4. The fourth-order valence-electron chi connectivity index (χ4n) is 5.40. The van der Waals surface area contributed by atoms with Gasteiger partial charge < -0.3 is 21.5 Å². The summed E-state index contributed by atoms with van der Waals surface area (Å²) in [7, 11) is 0. The maximum atomic E-state index is 14.6. The van der Waals surface area contributed by atoms with Gasteiger partial charge in [-0.1, -0.05) is 24.4 Å². The molecule has 2 heterocycles. The number of anilines is 3. The first-order valence-corrected chi connectivity index (χ1v) is 13.1. The van der Waals surface area contributed by atoms with Crippen molar-refractivity contribution in [3.05, 3.63) is 35.0 Å². The van der Waals surface area contributed by atoms with Crippen LogP contribution in [0, 0.1) is 17.6 Å². The van der Waals surface area contributed by atoms with Crippen LogP contribution in [-0.4, -0.2) is 42.7 Å². The van der Waals surface area contributed by atoms with Crippen molar-refractivity contribution in [1.82, 2.24) is 19.5 Å². The predicted molar refractivity (Wildman–Crippen MR) is 137 cm³/mol. The summed E-state index contributed by atoms with van der Waals surface area (Å²) in [6.07, 6.45) is 8.04. The van der Waals surface area contributed by atoms with E-state index >= 15 is 0 Å². The molecule has 198 valence electrons. The van der Waals surface area contributed by atoms with Gasteiger partial charge in [-0.2, -0.15) is 4.98 Å². The second kappa shape index (κ2) is 10.7. The molecule has 0 bridgehead atoms. The second-order valence-electron chi connectivity index (χ2n) is 9.98. The zero-order chi connectivity index (χ0) is 26.1. The molecule has 0 saturated heterocycles. The molecule has 1 aromatic carbocycles. The van der Waals surface area contributed by atoms with E-state index in [0.717, 1.165) is 25.7 Å². The highest BCUT2D eigenvalue weighted by Crippen LogP contribution is 2.37. The molecule has 2 aliphatic rings. The summed E-state index contributed by atoms with van der Waals surface area (Å²) in [5, 5.41) is 16.1. The number of nitrogens with two attached hydrogens (primary N) is 1. The lowest BCUT2D eigenvalue weighted by Crippen LogP contribution is -2.29. The molecule has 2 aromatic heterocycles. The lowest BCUT2D eigenvalue weighted by atomic mass is 9.85. The molecule has 9 nitrogen and oxygen atoms in total. The average Bonchev–Trinajstić information content (AvgIpc) is 3.10. The van der Waals surface area contributed by atoms with Gasteiger partial charge in [-0.15, -0.1) is 0 Å². The van der Waals surface area contributed by atoms with Gasteiger partial charge in [0.05, 0.1) is 23.0 Å². The fraction of sp³-hybridized carbons (Fsp3) is 0.520. The van der Waals surface area contributed by atoms with Crippen LogP contribution in [0.1, 0.15) is 63.8 Å². The third kappa shape index (κ3) is 5.47. The number of nitrogens with one attached hydrogen (secondary N) is 2. The maximum absolute atomic E-state index is 14.6. The zero-order valence-corrected chi connectivity index (χ0v) is 21.0. The van der Waals surface area contributed by atoms with Gasteiger partial charge >= 0.3 is 0 Å². The number of hydrogen-bond acceptors (Lipinski definition) is 7. The smallest absolute Gasteiger partial charge is 0.224 e. The van der Waals surface area contributed by atoms with Crippen molar-refractivity contribution in [2.24, 2.45) is 11.7 Å². The first-order valence-electron chi connectivity index (χ1n) is 12.7. The SMILES string of the molecule is NC(=O)C1CCC(n2c(Nc3ccc(Cl)c(F)c3F)nc3cnc(N[C@@H]4CCCC[C@H](O)C4)nc32)CC1. The van der Waals surface area contributed by atoms with Crippen molar-refractivity contribution in [1.29, 1.82) is 0 Å². The monoisotopic (exact) mass is 533 g/mol. The minimum absolute atomic E-state index is 0.0426. The summed E-state index contributed by atoms with van der Waals surface area (Å²) in [5.74, 6) is -2.07. The highest BCUT2D eigenvalue weighted by atomic mass is 35.5. The molecule has 12 heteroatoms. The number of aromatic nitrogens is 4. The molecule has 0 spiro atoms. The van der Waals surface area contributed by atoms with Crippen LogP contribution >= 0.6 is 11.6 Å². The molecule has 0 aliphatic heterocycles. The standard InChI is InChI=1S/C25H30ClF2N7O2/c26-17-9-10-18(21(28)20(17)27)32-25-33-19-12-30-24(31-14-3-1-2-4-16(36)11-14)34-23(19)35(25)15-7-5-13(6-8-15)22(29)37/h9-10,12-16,36H,1-8,11H2,(H2,29,37)(H,32,33)(H,30,31,34)/t13?,14-,15?,16+/m1/s1. The molecule has 3 aromatic rings. The number of rotatable bonds is 6. The Kier molecular flexibility index (Phi) is 7.43. The first kappa shape index (κ1) is 25.6. The van der Waals surface area contributed by atoms with Crippen LogP contribution in [0.15, 0.2) is 18.3 Å². The van der Waals surface area contributed by atoms with Crippen molar-refractivity contribution < 1.29 is 18.7 Å². The number of carbonyl (C=O) groups excluding carboxylic acids is 1. The van der Waals surface area contributed by atoms with Gasteiger partial charge in [0.2, 0.25) is 17.8 Å². The van der Waals surface area contributed by atoms with Gasteiger partial charge in [0.25, 0.3) is 0 Å². The van der Waals surface area contributed by atoms with E-state index < -0.39 is 11.6 Å². The summed E-state index contributed by atoms with van der Waals surface area (Å²) in [6, 6.07) is 2.58. The van der Waals surface area contributed by atoms with E-state index in [1.165, 1.54) is 12.1 Å². The quantitative estimate of drug-likeness (QED) is 0.264. The van der Waals surface area contributed by atoms with Crippen molar-refractivity contribution in [3.8, 4) is 0 Å². The number of benzene rings is 1. The van der Waals surface area contributed by atoms with Gasteiger partial charge in [-0.3, -0.25) is 9.36 Å². The number of aliphatic hydroxyl groups excluding tert-OH is 1. The Morgan fingerprint density at radius 3 is 2.59 bits per heavy atom. The number of fused-ring (bicyclic) bond motifs is 1. The Labute approximate surface area is 217 Å². The van der Waals surface area contributed by atoms with Crippen LogP contribution in [0.5, 0.6) is 0 Å². The van der Waals surface area contributed by atoms with E-state index in [1.807, 2.05) is 4.57 Å². The molecule has 2 saturated carbocycles. The average molecular weight is 534 g/mol. The molecule has 0 radical (unpaired) electrons. The zero-order valence-electron chi connectivity index (χ0n) is 20.3. The van der Waals surface area contributed by atoms with E-state index in [2.05, 4.69) is 20.6 Å². The van der Waals surface area contributed by atoms with Gasteiger partial charge in [0.1, 0.15) is 5.52 Å². The van der Waals surface area contributed by atoms with Gasteiger partial charge in [-0.25, -0.2) is 18.7 Å². The number of primary amides is 1. The Hall–Kier alpha value is -3.05. The molecule has 2 atom stereocenters. The number of halogens is 3. The molecular formula is C25H30ClF2N7O2. The van der Waals surface area contributed by atoms with E-state index in [1.54, 1.807) is 6.20 Å².